The van der Waals surface area contributed by atoms with E-state index in [-0.39, 0.29) is 23.9 Å². The molecule has 2 aromatic heterocycles. The number of thiophene rings is 1. The summed E-state index contributed by atoms with van der Waals surface area (Å²) >= 11 is 1.65. The molecule has 0 spiro atoms. The molecule has 4 rings (SSSR count). The first kappa shape index (κ1) is 20.8. The molecule has 0 saturated carbocycles. The lowest BCUT2D eigenvalue weighted by Gasteiger charge is -2.25. The van der Waals surface area contributed by atoms with Crippen LogP contribution in [0.1, 0.15) is 41.3 Å². The van der Waals surface area contributed by atoms with E-state index in [1.165, 1.54) is 16.9 Å². The standard InChI is InChI=1S/C23H28N4O2S/c1-26(2)18(16-8-4-3-5-9-16)14-24-20(28)12-13-27-15-25-22-21(23(27)29)17-10-6-7-11-19(17)30-22/h3-5,8-9,15,18H,6-7,10-14H2,1-2H3,(H,24,28)/t18-/m1/s1. The molecule has 6 nitrogen and oxygen atoms in total. The third-order valence-electron chi connectivity index (χ3n) is 5.82. The summed E-state index contributed by atoms with van der Waals surface area (Å²) in [6, 6.07) is 10.2. The SMILES string of the molecule is CN(C)[C@H](CNC(=O)CCn1cnc2sc3c(c2c1=O)CCCC3)c1ccccc1. The summed E-state index contributed by atoms with van der Waals surface area (Å²) in [5, 5.41) is 3.79. The summed E-state index contributed by atoms with van der Waals surface area (Å²) in [6.45, 7) is 0.871. The van der Waals surface area contributed by atoms with Crippen molar-refractivity contribution in [1.29, 1.82) is 0 Å². The number of rotatable bonds is 7. The largest absolute Gasteiger partial charge is 0.354 e. The van der Waals surface area contributed by atoms with Crippen LogP contribution in [0.25, 0.3) is 10.2 Å². The van der Waals surface area contributed by atoms with Gasteiger partial charge in [0.05, 0.1) is 17.8 Å². The van der Waals surface area contributed by atoms with E-state index in [0.29, 0.717) is 13.1 Å². The molecule has 0 unspecified atom stereocenters. The number of likely N-dealkylation sites (N-methyl/N-ethyl adjacent to an activating group) is 1. The van der Waals surface area contributed by atoms with E-state index in [1.807, 2.05) is 32.3 Å². The summed E-state index contributed by atoms with van der Waals surface area (Å²) in [5.41, 5.74) is 2.34. The summed E-state index contributed by atoms with van der Waals surface area (Å²) in [7, 11) is 4.01. The maximum atomic E-state index is 13.0. The highest BCUT2D eigenvalue weighted by Gasteiger charge is 2.20. The first-order chi connectivity index (χ1) is 14.5. The van der Waals surface area contributed by atoms with Gasteiger partial charge in [0, 0.05) is 24.4 Å². The number of hydrogen-bond donors (Lipinski definition) is 1. The van der Waals surface area contributed by atoms with E-state index in [0.717, 1.165) is 35.0 Å². The van der Waals surface area contributed by atoms with E-state index < -0.39 is 0 Å². The van der Waals surface area contributed by atoms with Crippen molar-refractivity contribution in [2.45, 2.75) is 44.7 Å². The summed E-state index contributed by atoms with van der Waals surface area (Å²) in [5.74, 6) is -0.0582. The molecule has 0 bridgehead atoms. The minimum atomic E-state index is -0.0582. The molecule has 3 aromatic rings. The molecule has 1 aliphatic rings. The number of nitrogens with zero attached hydrogens (tertiary/aromatic N) is 3. The number of aryl methyl sites for hydroxylation is 3. The van der Waals surface area contributed by atoms with Crippen LogP contribution in [0.15, 0.2) is 41.5 Å². The fourth-order valence-electron chi connectivity index (χ4n) is 4.14. The molecule has 0 saturated heterocycles. The predicted molar refractivity (Wildman–Crippen MR) is 121 cm³/mol. The molecular weight excluding hydrogens is 396 g/mol. The molecule has 0 fully saturated rings. The van der Waals surface area contributed by atoms with Crippen LogP contribution in [-0.4, -0.2) is 41.0 Å². The fraction of sp³-hybridized carbons (Fsp3) is 0.435. The van der Waals surface area contributed by atoms with Crippen LogP contribution >= 0.6 is 11.3 Å². The molecule has 1 N–H and O–H groups in total. The van der Waals surface area contributed by atoms with Crippen LogP contribution in [-0.2, 0) is 24.2 Å². The monoisotopic (exact) mass is 424 g/mol. The molecule has 2 heterocycles. The minimum absolute atomic E-state index is 0.0114. The second kappa shape index (κ2) is 9.10. The van der Waals surface area contributed by atoms with Gasteiger partial charge in [-0.25, -0.2) is 4.98 Å². The lowest BCUT2D eigenvalue weighted by atomic mass is 9.97. The van der Waals surface area contributed by atoms with Crippen LogP contribution in [0.2, 0.25) is 0 Å². The lowest BCUT2D eigenvalue weighted by Crippen LogP contribution is -2.35. The van der Waals surface area contributed by atoms with Gasteiger partial charge in [-0.15, -0.1) is 11.3 Å². The zero-order valence-corrected chi connectivity index (χ0v) is 18.4. The van der Waals surface area contributed by atoms with E-state index in [1.54, 1.807) is 22.2 Å². The maximum absolute atomic E-state index is 13.0. The molecular formula is C23H28N4O2S. The van der Waals surface area contributed by atoms with Crippen molar-refractivity contribution in [2.75, 3.05) is 20.6 Å². The van der Waals surface area contributed by atoms with Gasteiger partial charge in [-0.1, -0.05) is 30.3 Å². The first-order valence-corrected chi connectivity index (χ1v) is 11.3. The molecule has 30 heavy (non-hydrogen) atoms. The number of nitrogens with one attached hydrogen (secondary N) is 1. The van der Waals surface area contributed by atoms with Crippen molar-refractivity contribution >= 4 is 27.5 Å². The Morgan fingerprint density at radius 2 is 2.00 bits per heavy atom. The number of benzene rings is 1. The zero-order chi connectivity index (χ0) is 21.1. The molecule has 158 valence electrons. The average molecular weight is 425 g/mol. The van der Waals surface area contributed by atoms with Gasteiger partial charge in [-0.2, -0.15) is 0 Å². The second-order valence-electron chi connectivity index (χ2n) is 8.08. The number of carbonyl (C=O) groups is 1. The molecule has 1 atom stereocenters. The van der Waals surface area contributed by atoms with Gasteiger partial charge in [0.1, 0.15) is 4.83 Å². The van der Waals surface area contributed by atoms with Crippen molar-refractivity contribution < 1.29 is 4.79 Å². The van der Waals surface area contributed by atoms with E-state index in [9.17, 15) is 9.59 Å². The van der Waals surface area contributed by atoms with E-state index in [4.69, 9.17) is 0 Å². The highest BCUT2D eigenvalue weighted by atomic mass is 32.1. The minimum Gasteiger partial charge on any atom is -0.354 e. The van der Waals surface area contributed by atoms with Crippen LogP contribution in [0.3, 0.4) is 0 Å². The maximum Gasteiger partial charge on any atom is 0.262 e. The van der Waals surface area contributed by atoms with Gasteiger partial charge in [0.15, 0.2) is 0 Å². The van der Waals surface area contributed by atoms with Crippen LogP contribution < -0.4 is 10.9 Å². The first-order valence-electron chi connectivity index (χ1n) is 10.5. The third kappa shape index (κ3) is 4.32. The van der Waals surface area contributed by atoms with Crippen molar-refractivity contribution in [3.05, 3.63) is 63.0 Å². The topological polar surface area (TPSA) is 67.2 Å². The number of amides is 1. The molecule has 0 aliphatic heterocycles. The Labute approximate surface area is 180 Å². The molecule has 1 aromatic carbocycles. The highest BCUT2D eigenvalue weighted by Crippen LogP contribution is 2.33. The van der Waals surface area contributed by atoms with Gasteiger partial charge < -0.3 is 10.2 Å². The predicted octanol–water partition coefficient (Wildman–Crippen LogP) is 3.15. The fourth-order valence-corrected chi connectivity index (χ4v) is 5.35. The van der Waals surface area contributed by atoms with Gasteiger partial charge in [-0.05, 0) is 50.9 Å². The van der Waals surface area contributed by atoms with Crippen molar-refractivity contribution in [1.82, 2.24) is 19.8 Å². The smallest absolute Gasteiger partial charge is 0.262 e. The second-order valence-corrected chi connectivity index (χ2v) is 9.16. The Balaban J connectivity index is 1.41. The van der Waals surface area contributed by atoms with E-state index in [2.05, 4.69) is 27.3 Å². The molecule has 7 heteroatoms. The Bertz CT molecular complexity index is 1090. The number of hydrogen-bond acceptors (Lipinski definition) is 5. The molecule has 0 radical (unpaired) electrons. The van der Waals surface area contributed by atoms with Crippen LogP contribution in [0.5, 0.6) is 0 Å². The van der Waals surface area contributed by atoms with Crippen molar-refractivity contribution in [3.8, 4) is 0 Å². The quantitative estimate of drug-likeness (QED) is 0.633. The number of aromatic nitrogens is 2. The Morgan fingerprint density at radius 3 is 2.77 bits per heavy atom. The third-order valence-corrected chi connectivity index (χ3v) is 7.02. The zero-order valence-electron chi connectivity index (χ0n) is 17.6. The molecule has 1 aliphatic carbocycles. The Hall–Kier alpha value is -2.51. The van der Waals surface area contributed by atoms with Gasteiger partial charge in [-0.3, -0.25) is 14.2 Å². The van der Waals surface area contributed by atoms with E-state index >= 15 is 0 Å². The normalized spacial score (nSPS) is 14.6. The van der Waals surface area contributed by atoms with Gasteiger partial charge in [0.25, 0.3) is 5.56 Å². The van der Waals surface area contributed by atoms with Crippen LogP contribution in [0.4, 0.5) is 0 Å². The molecule has 1 amide bonds. The summed E-state index contributed by atoms with van der Waals surface area (Å²) < 4.78 is 1.59. The van der Waals surface area contributed by atoms with Gasteiger partial charge >= 0.3 is 0 Å². The highest BCUT2D eigenvalue weighted by molar-refractivity contribution is 7.18. The lowest BCUT2D eigenvalue weighted by molar-refractivity contribution is -0.121. The van der Waals surface area contributed by atoms with Crippen molar-refractivity contribution in [3.63, 3.8) is 0 Å². The van der Waals surface area contributed by atoms with Gasteiger partial charge in [0.2, 0.25) is 5.91 Å². The van der Waals surface area contributed by atoms with Crippen LogP contribution in [0, 0.1) is 0 Å². The Morgan fingerprint density at radius 1 is 1.23 bits per heavy atom. The average Bonchev–Trinajstić information content (AvgIpc) is 3.13. The van der Waals surface area contributed by atoms with Crippen molar-refractivity contribution in [2.24, 2.45) is 0 Å². The summed E-state index contributed by atoms with van der Waals surface area (Å²) in [4.78, 5) is 34.2. The Kier molecular flexibility index (Phi) is 6.29. The summed E-state index contributed by atoms with van der Waals surface area (Å²) in [6.07, 6.45) is 6.17. The number of fused-ring (bicyclic) bond motifs is 3. The number of carbonyl (C=O) groups excluding carboxylic acids is 1.